The molecule has 0 fully saturated rings. The molecule has 1 unspecified atom stereocenters. The molecule has 2 N–H and O–H groups in total. The third kappa shape index (κ3) is 5.48. The Hall–Kier alpha value is -4.01. The zero-order valence-electron chi connectivity index (χ0n) is 15.6. The van der Waals surface area contributed by atoms with Crippen molar-refractivity contribution in [1.29, 1.82) is 0 Å². The Morgan fingerprint density at radius 2 is 1.90 bits per heavy atom. The van der Waals surface area contributed by atoms with Crippen LogP contribution in [0.1, 0.15) is 5.56 Å². The standard InChI is InChI=1S/C20H19N5O4/c1-28-19(26)17(23-20(27)29-13-14-7-3-2-4-8-14)12-22-25-18-16-10-6-5-9-15(16)11-21-24-18/h2-12,17H,13H2,1H3,(H,23,27)(H,24,25)/b22-12+. The van der Waals surface area contributed by atoms with Crippen molar-refractivity contribution in [2.75, 3.05) is 12.5 Å². The second kappa shape index (κ2) is 9.79. The van der Waals surface area contributed by atoms with Gasteiger partial charge in [-0.3, -0.25) is 5.43 Å². The lowest BCUT2D eigenvalue weighted by Gasteiger charge is -2.12. The number of alkyl carbamates (subject to hydrolysis) is 1. The van der Waals surface area contributed by atoms with Crippen LogP contribution in [0.4, 0.5) is 10.6 Å². The van der Waals surface area contributed by atoms with Gasteiger partial charge >= 0.3 is 12.1 Å². The Morgan fingerprint density at radius 3 is 2.69 bits per heavy atom. The first-order chi connectivity index (χ1) is 14.2. The number of hydrogen-bond acceptors (Lipinski definition) is 8. The number of ether oxygens (including phenoxy) is 2. The number of esters is 1. The number of amides is 1. The van der Waals surface area contributed by atoms with Crippen LogP contribution in [-0.2, 0) is 20.9 Å². The first-order valence-electron chi connectivity index (χ1n) is 8.72. The summed E-state index contributed by atoms with van der Waals surface area (Å²) in [5.74, 6) is -0.286. The van der Waals surface area contributed by atoms with Crippen LogP contribution in [0.5, 0.6) is 0 Å². The molecule has 9 nitrogen and oxygen atoms in total. The number of rotatable bonds is 7. The predicted octanol–water partition coefficient (Wildman–Crippen LogP) is 2.50. The molecule has 1 amide bonds. The number of hydrazone groups is 1. The number of anilines is 1. The predicted molar refractivity (Wildman–Crippen MR) is 107 cm³/mol. The van der Waals surface area contributed by atoms with Crippen LogP contribution >= 0.6 is 0 Å². The van der Waals surface area contributed by atoms with Gasteiger partial charge in [0.2, 0.25) is 0 Å². The molecule has 29 heavy (non-hydrogen) atoms. The zero-order chi connectivity index (χ0) is 20.5. The molecule has 9 heteroatoms. The Balaban J connectivity index is 1.62. The van der Waals surface area contributed by atoms with Gasteiger partial charge in [-0.2, -0.15) is 10.2 Å². The van der Waals surface area contributed by atoms with Gasteiger partial charge in [0.1, 0.15) is 6.61 Å². The molecule has 148 valence electrons. The maximum Gasteiger partial charge on any atom is 0.408 e. The van der Waals surface area contributed by atoms with E-state index in [1.807, 2.05) is 54.6 Å². The highest BCUT2D eigenvalue weighted by atomic mass is 16.6. The summed E-state index contributed by atoms with van der Waals surface area (Å²) in [6.07, 6.45) is 2.05. The molecule has 3 aromatic rings. The van der Waals surface area contributed by atoms with Gasteiger partial charge in [-0.05, 0) is 5.56 Å². The fourth-order valence-corrected chi connectivity index (χ4v) is 2.46. The van der Waals surface area contributed by atoms with Crippen molar-refractivity contribution in [3.8, 4) is 0 Å². The minimum atomic E-state index is -1.14. The lowest BCUT2D eigenvalue weighted by atomic mass is 10.2. The van der Waals surface area contributed by atoms with E-state index in [9.17, 15) is 9.59 Å². The molecule has 0 aliphatic rings. The van der Waals surface area contributed by atoms with E-state index < -0.39 is 18.1 Å². The number of nitrogens with zero attached hydrogens (tertiary/aromatic N) is 3. The van der Waals surface area contributed by atoms with Gasteiger partial charge in [0.05, 0.1) is 19.5 Å². The lowest BCUT2D eigenvalue weighted by molar-refractivity contribution is -0.141. The first kappa shape index (κ1) is 19.7. The summed E-state index contributed by atoms with van der Waals surface area (Å²) in [6.45, 7) is 0.0710. The van der Waals surface area contributed by atoms with Crippen molar-refractivity contribution in [2.24, 2.45) is 5.10 Å². The molecule has 0 saturated carbocycles. The Bertz CT molecular complexity index is 1000. The van der Waals surface area contributed by atoms with Crippen LogP contribution in [0.2, 0.25) is 0 Å². The summed E-state index contributed by atoms with van der Waals surface area (Å²) in [7, 11) is 1.21. The fourth-order valence-electron chi connectivity index (χ4n) is 2.46. The highest BCUT2D eigenvalue weighted by Gasteiger charge is 2.20. The number of methoxy groups -OCH3 is 1. The Morgan fingerprint density at radius 1 is 1.14 bits per heavy atom. The van der Waals surface area contributed by atoms with E-state index in [4.69, 9.17) is 9.47 Å². The monoisotopic (exact) mass is 393 g/mol. The summed E-state index contributed by atoms with van der Waals surface area (Å²) < 4.78 is 9.81. The van der Waals surface area contributed by atoms with Crippen LogP contribution in [-0.4, -0.2) is 41.6 Å². The van der Waals surface area contributed by atoms with Crippen molar-refractivity contribution in [1.82, 2.24) is 15.5 Å². The molecule has 1 aromatic heterocycles. The smallest absolute Gasteiger partial charge is 0.408 e. The second-order valence-electron chi connectivity index (χ2n) is 5.88. The number of nitrogens with one attached hydrogen (secondary N) is 2. The van der Waals surface area contributed by atoms with Gasteiger partial charge < -0.3 is 14.8 Å². The van der Waals surface area contributed by atoms with Gasteiger partial charge in [-0.15, -0.1) is 5.10 Å². The van der Waals surface area contributed by atoms with E-state index in [0.29, 0.717) is 5.82 Å². The number of carbonyl (C=O) groups is 2. The van der Waals surface area contributed by atoms with E-state index in [1.165, 1.54) is 13.3 Å². The number of fused-ring (bicyclic) bond motifs is 1. The van der Waals surface area contributed by atoms with Gasteiger partial charge in [0, 0.05) is 10.8 Å². The van der Waals surface area contributed by atoms with Crippen molar-refractivity contribution >= 4 is 34.9 Å². The van der Waals surface area contributed by atoms with Crippen molar-refractivity contribution in [3.05, 3.63) is 66.4 Å². The quantitative estimate of drug-likeness (QED) is 0.360. The number of carbonyl (C=O) groups excluding carboxylic acids is 2. The van der Waals surface area contributed by atoms with E-state index >= 15 is 0 Å². The highest BCUT2D eigenvalue weighted by Crippen LogP contribution is 2.18. The minimum Gasteiger partial charge on any atom is -0.467 e. The molecule has 2 aromatic carbocycles. The molecular formula is C20H19N5O4. The van der Waals surface area contributed by atoms with Gasteiger partial charge in [-0.1, -0.05) is 54.6 Å². The lowest BCUT2D eigenvalue weighted by Crippen LogP contribution is -2.43. The van der Waals surface area contributed by atoms with E-state index in [2.05, 4.69) is 26.0 Å². The van der Waals surface area contributed by atoms with Gasteiger partial charge in [-0.25, -0.2) is 9.59 Å². The summed E-state index contributed by atoms with van der Waals surface area (Å²) in [5, 5.41) is 16.0. The van der Waals surface area contributed by atoms with Crippen LogP contribution in [0, 0.1) is 0 Å². The largest absolute Gasteiger partial charge is 0.467 e. The van der Waals surface area contributed by atoms with Crippen LogP contribution in [0.15, 0.2) is 65.9 Å². The Kier molecular flexibility index (Phi) is 6.66. The molecule has 1 atom stereocenters. The minimum absolute atomic E-state index is 0.0710. The van der Waals surface area contributed by atoms with E-state index in [-0.39, 0.29) is 6.61 Å². The third-order valence-corrected chi connectivity index (χ3v) is 3.91. The summed E-state index contributed by atoms with van der Waals surface area (Å²) in [4.78, 5) is 23.9. The highest BCUT2D eigenvalue weighted by molar-refractivity contribution is 5.97. The molecule has 0 spiro atoms. The molecule has 0 saturated heterocycles. The van der Waals surface area contributed by atoms with E-state index in [0.717, 1.165) is 16.3 Å². The van der Waals surface area contributed by atoms with Gasteiger partial charge in [0.15, 0.2) is 11.9 Å². The average molecular weight is 393 g/mol. The third-order valence-electron chi connectivity index (χ3n) is 3.91. The van der Waals surface area contributed by atoms with Crippen molar-refractivity contribution in [2.45, 2.75) is 12.6 Å². The molecule has 1 heterocycles. The molecule has 0 radical (unpaired) electrons. The maximum absolute atomic E-state index is 12.0. The van der Waals surface area contributed by atoms with E-state index in [1.54, 1.807) is 6.20 Å². The average Bonchev–Trinajstić information content (AvgIpc) is 2.77. The summed E-state index contributed by atoms with van der Waals surface area (Å²) in [5.41, 5.74) is 3.55. The molecular weight excluding hydrogens is 374 g/mol. The summed E-state index contributed by atoms with van der Waals surface area (Å²) >= 11 is 0. The number of aromatic nitrogens is 2. The number of benzene rings is 2. The second-order valence-corrected chi connectivity index (χ2v) is 5.88. The van der Waals surface area contributed by atoms with Crippen molar-refractivity contribution in [3.63, 3.8) is 0 Å². The first-order valence-corrected chi connectivity index (χ1v) is 8.72. The molecule has 0 aliphatic heterocycles. The molecule has 0 bridgehead atoms. The van der Waals surface area contributed by atoms with Gasteiger partial charge in [0.25, 0.3) is 0 Å². The molecule has 3 rings (SSSR count). The zero-order valence-corrected chi connectivity index (χ0v) is 15.6. The molecule has 0 aliphatic carbocycles. The van der Waals surface area contributed by atoms with Crippen LogP contribution in [0.25, 0.3) is 10.8 Å². The maximum atomic E-state index is 12.0. The Labute approximate surface area is 166 Å². The van der Waals surface area contributed by atoms with Crippen LogP contribution < -0.4 is 10.7 Å². The SMILES string of the molecule is COC(=O)C(/C=N/Nc1nncc2ccccc12)NC(=O)OCc1ccccc1. The number of hydrogen-bond donors (Lipinski definition) is 2. The van der Waals surface area contributed by atoms with Crippen molar-refractivity contribution < 1.29 is 19.1 Å². The summed E-state index contributed by atoms with van der Waals surface area (Å²) in [6, 6.07) is 15.5. The van der Waals surface area contributed by atoms with Crippen LogP contribution in [0.3, 0.4) is 0 Å². The normalized spacial score (nSPS) is 11.8. The fraction of sp³-hybridized carbons (Fsp3) is 0.150. The topological polar surface area (TPSA) is 115 Å².